The number of carbonyl (C=O) groups excluding carboxylic acids is 1. The maximum Gasteiger partial charge on any atom is 0.254 e. The van der Waals surface area contributed by atoms with Crippen LogP contribution in [0.1, 0.15) is 34.3 Å². The molecular formula is C20H21N3O4. The second-order valence-electron chi connectivity index (χ2n) is 7.45. The molecule has 0 bridgehead atoms. The highest BCUT2D eigenvalue weighted by Gasteiger charge is 2.50. The first kappa shape index (κ1) is 16.6. The van der Waals surface area contributed by atoms with Crippen molar-refractivity contribution >= 4 is 5.91 Å². The van der Waals surface area contributed by atoms with Gasteiger partial charge in [0.2, 0.25) is 5.88 Å². The Morgan fingerprint density at radius 3 is 2.96 bits per heavy atom. The van der Waals surface area contributed by atoms with Gasteiger partial charge < -0.3 is 19.1 Å². The summed E-state index contributed by atoms with van der Waals surface area (Å²) in [5.41, 5.74) is 2.70. The van der Waals surface area contributed by atoms with Gasteiger partial charge in [0.25, 0.3) is 5.91 Å². The van der Waals surface area contributed by atoms with E-state index in [1.165, 1.54) is 5.56 Å². The Bertz CT molecular complexity index is 852. The molecule has 4 heterocycles. The molecule has 2 fully saturated rings. The van der Waals surface area contributed by atoms with Crippen molar-refractivity contribution in [3.8, 4) is 5.88 Å². The van der Waals surface area contributed by atoms with E-state index in [1.807, 2.05) is 23.1 Å². The van der Waals surface area contributed by atoms with E-state index in [0.717, 1.165) is 24.0 Å². The third kappa shape index (κ3) is 3.17. The first-order valence-electron chi connectivity index (χ1n) is 9.26. The van der Waals surface area contributed by atoms with Gasteiger partial charge in [-0.15, -0.1) is 0 Å². The average Bonchev–Trinajstić information content (AvgIpc) is 3.14. The Kier molecular flexibility index (Phi) is 4.06. The van der Waals surface area contributed by atoms with Gasteiger partial charge in [0, 0.05) is 30.8 Å². The van der Waals surface area contributed by atoms with Crippen molar-refractivity contribution in [3.05, 3.63) is 53.5 Å². The number of ether oxygens (including phenoxy) is 3. The van der Waals surface area contributed by atoms with Gasteiger partial charge in [-0.2, -0.15) is 0 Å². The van der Waals surface area contributed by atoms with E-state index in [4.69, 9.17) is 14.2 Å². The summed E-state index contributed by atoms with van der Waals surface area (Å²) in [7, 11) is 0. The van der Waals surface area contributed by atoms with Crippen molar-refractivity contribution in [3.63, 3.8) is 0 Å². The SMILES string of the molecule is O=C(c1ccc2c(c1)COC2)N1CC2(C[C@@H](Oc3cnccn3)CCO2)C1. The van der Waals surface area contributed by atoms with Crippen molar-refractivity contribution in [1.82, 2.24) is 14.9 Å². The molecular weight excluding hydrogens is 346 g/mol. The molecule has 0 saturated carbocycles. The van der Waals surface area contributed by atoms with E-state index in [2.05, 4.69) is 9.97 Å². The fraction of sp³-hybridized carbons (Fsp3) is 0.450. The maximum atomic E-state index is 12.8. The monoisotopic (exact) mass is 367 g/mol. The predicted octanol–water partition coefficient (Wildman–Crippen LogP) is 1.96. The molecule has 140 valence electrons. The van der Waals surface area contributed by atoms with Crippen molar-refractivity contribution < 1.29 is 19.0 Å². The largest absolute Gasteiger partial charge is 0.473 e. The number of hydrogen-bond donors (Lipinski definition) is 0. The minimum atomic E-state index is -0.305. The molecule has 7 nitrogen and oxygen atoms in total. The number of hydrogen-bond acceptors (Lipinski definition) is 6. The summed E-state index contributed by atoms with van der Waals surface area (Å²) in [5, 5.41) is 0. The van der Waals surface area contributed by atoms with Crippen molar-refractivity contribution in [2.24, 2.45) is 0 Å². The lowest BCUT2D eigenvalue weighted by Gasteiger charge is -2.52. The number of aromatic nitrogens is 2. The van der Waals surface area contributed by atoms with Crippen molar-refractivity contribution in [1.29, 1.82) is 0 Å². The molecule has 1 amide bonds. The highest BCUT2D eigenvalue weighted by Crippen LogP contribution is 2.36. The molecule has 2 aromatic rings. The summed E-state index contributed by atoms with van der Waals surface area (Å²) in [6.45, 7) is 3.05. The molecule has 27 heavy (non-hydrogen) atoms. The number of rotatable bonds is 3. The van der Waals surface area contributed by atoms with Crippen LogP contribution in [0.4, 0.5) is 0 Å². The topological polar surface area (TPSA) is 73.8 Å². The zero-order valence-electron chi connectivity index (χ0n) is 15.0. The van der Waals surface area contributed by atoms with Gasteiger partial charge in [-0.1, -0.05) is 6.07 Å². The fourth-order valence-electron chi connectivity index (χ4n) is 4.10. The molecule has 1 aromatic carbocycles. The summed E-state index contributed by atoms with van der Waals surface area (Å²) >= 11 is 0. The second kappa shape index (κ2) is 6.58. The van der Waals surface area contributed by atoms with Crippen LogP contribution in [-0.2, 0) is 22.7 Å². The van der Waals surface area contributed by atoms with Crippen LogP contribution in [0.5, 0.6) is 5.88 Å². The van der Waals surface area contributed by atoms with Gasteiger partial charge in [0.05, 0.1) is 39.1 Å². The molecule has 1 spiro atoms. The van der Waals surface area contributed by atoms with E-state index >= 15 is 0 Å². The summed E-state index contributed by atoms with van der Waals surface area (Å²) in [6.07, 6.45) is 6.47. The molecule has 1 atom stereocenters. The molecule has 0 N–H and O–H groups in total. The number of fused-ring (bicyclic) bond motifs is 1. The zero-order chi connectivity index (χ0) is 18.3. The van der Waals surface area contributed by atoms with E-state index < -0.39 is 0 Å². The Balaban J connectivity index is 1.22. The first-order chi connectivity index (χ1) is 13.2. The van der Waals surface area contributed by atoms with Crippen molar-refractivity contribution in [2.45, 2.75) is 37.8 Å². The maximum absolute atomic E-state index is 12.8. The van der Waals surface area contributed by atoms with Crippen molar-refractivity contribution in [2.75, 3.05) is 19.7 Å². The molecule has 3 aliphatic heterocycles. The lowest BCUT2D eigenvalue weighted by Crippen LogP contribution is -2.67. The lowest BCUT2D eigenvalue weighted by atomic mass is 9.84. The van der Waals surface area contributed by atoms with Gasteiger partial charge in [0.1, 0.15) is 11.7 Å². The summed E-state index contributed by atoms with van der Waals surface area (Å²) < 4.78 is 17.4. The van der Waals surface area contributed by atoms with Gasteiger partial charge in [0.15, 0.2) is 0 Å². The van der Waals surface area contributed by atoms with Gasteiger partial charge in [-0.25, -0.2) is 4.98 Å². The number of nitrogens with zero attached hydrogens (tertiary/aromatic N) is 3. The fourth-order valence-corrected chi connectivity index (χ4v) is 4.10. The van der Waals surface area contributed by atoms with Crippen LogP contribution in [0.3, 0.4) is 0 Å². The van der Waals surface area contributed by atoms with Crippen LogP contribution >= 0.6 is 0 Å². The molecule has 3 aliphatic rings. The minimum absolute atomic E-state index is 0.0323. The number of amides is 1. The molecule has 1 aromatic heterocycles. The van der Waals surface area contributed by atoms with Gasteiger partial charge in [-0.05, 0) is 23.3 Å². The predicted molar refractivity (Wildman–Crippen MR) is 95.2 cm³/mol. The molecule has 5 rings (SSSR count). The number of carbonyl (C=O) groups is 1. The number of likely N-dealkylation sites (tertiary alicyclic amines) is 1. The standard InChI is InChI=1S/C20H21N3O4/c24-19(14-1-2-15-10-25-11-16(15)7-14)23-12-20(13-23)8-17(3-6-26-20)27-18-9-21-4-5-22-18/h1-2,4-5,7,9,17H,3,6,8,10-13H2/t17-/m0/s1. The Morgan fingerprint density at radius 2 is 2.11 bits per heavy atom. The second-order valence-corrected chi connectivity index (χ2v) is 7.45. The van der Waals surface area contributed by atoms with Crippen LogP contribution in [-0.4, -0.2) is 52.2 Å². The lowest BCUT2D eigenvalue weighted by molar-refractivity contribution is -0.174. The first-order valence-corrected chi connectivity index (χ1v) is 9.26. The third-order valence-electron chi connectivity index (χ3n) is 5.49. The van der Waals surface area contributed by atoms with Crippen LogP contribution in [0.15, 0.2) is 36.8 Å². The molecule has 0 radical (unpaired) electrons. The van der Waals surface area contributed by atoms with Crippen LogP contribution in [0.2, 0.25) is 0 Å². The Hall–Kier alpha value is -2.51. The zero-order valence-corrected chi connectivity index (χ0v) is 15.0. The smallest absolute Gasteiger partial charge is 0.254 e. The summed E-state index contributed by atoms with van der Waals surface area (Å²) in [6, 6.07) is 5.84. The summed E-state index contributed by atoms with van der Waals surface area (Å²) in [5.74, 6) is 0.586. The van der Waals surface area contributed by atoms with Crippen LogP contribution in [0.25, 0.3) is 0 Å². The average molecular weight is 367 g/mol. The normalized spacial score (nSPS) is 23.0. The quantitative estimate of drug-likeness (QED) is 0.826. The van der Waals surface area contributed by atoms with E-state index in [0.29, 0.717) is 38.8 Å². The highest BCUT2D eigenvalue weighted by atomic mass is 16.5. The Labute approximate surface area is 157 Å². The van der Waals surface area contributed by atoms with Crippen LogP contribution < -0.4 is 4.74 Å². The van der Waals surface area contributed by atoms with E-state index in [9.17, 15) is 4.79 Å². The van der Waals surface area contributed by atoms with Crippen LogP contribution in [0, 0.1) is 0 Å². The van der Waals surface area contributed by atoms with Gasteiger partial charge in [-0.3, -0.25) is 9.78 Å². The minimum Gasteiger partial charge on any atom is -0.473 e. The molecule has 0 unspecified atom stereocenters. The van der Waals surface area contributed by atoms with Gasteiger partial charge >= 0.3 is 0 Å². The molecule has 7 heteroatoms. The number of benzene rings is 1. The molecule has 0 aliphatic carbocycles. The summed E-state index contributed by atoms with van der Waals surface area (Å²) in [4.78, 5) is 22.9. The van der Waals surface area contributed by atoms with E-state index in [1.54, 1.807) is 18.6 Å². The Morgan fingerprint density at radius 1 is 1.22 bits per heavy atom. The third-order valence-corrected chi connectivity index (χ3v) is 5.49. The molecule has 2 saturated heterocycles. The highest BCUT2D eigenvalue weighted by molar-refractivity contribution is 5.95. The van der Waals surface area contributed by atoms with E-state index in [-0.39, 0.29) is 17.6 Å².